The van der Waals surface area contributed by atoms with Crippen molar-refractivity contribution in [2.45, 2.75) is 19.0 Å². The van der Waals surface area contributed by atoms with Gasteiger partial charge in [-0.15, -0.1) is 5.10 Å². The Morgan fingerprint density at radius 1 is 1.24 bits per heavy atom. The van der Waals surface area contributed by atoms with Crippen LogP contribution >= 0.6 is 0 Å². The maximum absolute atomic E-state index is 12.4. The summed E-state index contributed by atoms with van der Waals surface area (Å²) in [5.41, 5.74) is -0.419. The second-order valence-electron chi connectivity index (χ2n) is 4.09. The van der Waals surface area contributed by atoms with Crippen molar-refractivity contribution in [1.82, 2.24) is 10.2 Å². The van der Waals surface area contributed by atoms with E-state index in [9.17, 15) is 18.0 Å². The molecule has 1 aromatic heterocycles. The highest BCUT2D eigenvalue weighted by Gasteiger charge is 2.29. The van der Waals surface area contributed by atoms with Gasteiger partial charge in [-0.25, -0.2) is 0 Å². The molecule has 2 rings (SSSR count). The van der Waals surface area contributed by atoms with Crippen LogP contribution in [0.25, 0.3) is 0 Å². The molecule has 1 aromatic carbocycles. The van der Waals surface area contributed by atoms with Gasteiger partial charge in [-0.3, -0.25) is 4.79 Å². The van der Waals surface area contributed by atoms with E-state index in [1.165, 1.54) is 12.1 Å². The average Bonchev–Trinajstić information content (AvgIpc) is 2.83. The molecule has 2 N–H and O–H groups in total. The summed E-state index contributed by atoms with van der Waals surface area (Å²) >= 11 is 0. The van der Waals surface area contributed by atoms with Crippen LogP contribution in [0.5, 0.6) is 0 Å². The molecule has 0 radical (unpaired) electrons. The van der Waals surface area contributed by atoms with Gasteiger partial charge in [0.25, 0.3) is 0 Å². The van der Waals surface area contributed by atoms with Crippen LogP contribution in [-0.2, 0) is 17.4 Å². The number of halogens is 3. The number of carboxylic acid groups (broad SMARTS) is 1. The van der Waals surface area contributed by atoms with E-state index in [0.29, 0.717) is 5.69 Å². The Morgan fingerprint density at radius 2 is 1.90 bits per heavy atom. The molecule has 0 saturated heterocycles. The Balaban J connectivity index is 2.00. The van der Waals surface area contributed by atoms with Gasteiger partial charge in [0.1, 0.15) is 0 Å². The SMILES string of the molecule is O=C(O)CCc1nnc(Nc2ccc(C(F)(F)F)cc2)o1. The quantitative estimate of drug-likeness (QED) is 0.883. The van der Waals surface area contributed by atoms with Gasteiger partial charge in [-0.05, 0) is 24.3 Å². The van der Waals surface area contributed by atoms with Crippen molar-refractivity contribution in [3.63, 3.8) is 0 Å². The van der Waals surface area contributed by atoms with E-state index < -0.39 is 17.7 Å². The minimum Gasteiger partial charge on any atom is -0.481 e. The van der Waals surface area contributed by atoms with Crippen LogP contribution in [0.1, 0.15) is 17.9 Å². The minimum absolute atomic E-state index is 0.0184. The molecule has 0 bridgehead atoms. The van der Waals surface area contributed by atoms with Crippen LogP contribution in [0.2, 0.25) is 0 Å². The van der Waals surface area contributed by atoms with Crippen LogP contribution < -0.4 is 5.32 Å². The summed E-state index contributed by atoms with van der Waals surface area (Å²) in [5.74, 6) is -0.864. The van der Waals surface area contributed by atoms with Crippen LogP contribution in [0.4, 0.5) is 24.9 Å². The molecule has 9 heteroatoms. The summed E-state index contributed by atoms with van der Waals surface area (Å²) in [5, 5.41) is 18.4. The van der Waals surface area contributed by atoms with Gasteiger partial charge in [-0.1, -0.05) is 5.10 Å². The van der Waals surface area contributed by atoms with Gasteiger partial charge in [0.15, 0.2) is 0 Å². The third kappa shape index (κ3) is 4.20. The van der Waals surface area contributed by atoms with Crippen molar-refractivity contribution < 1.29 is 27.5 Å². The van der Waals surface area contributed by atoms with E-state index in [1.807, 2.05) is 0 Å². The second-order valence-corrected chi connectivity index (χ2v) is 4.09. The molecule has 0 atom stereocenters. The number of nitrogens with one attached hydrogen (secondary N) is 1. The largest absolute Gasteiger partial charge is 0.481 e. The van der Waals surface area contributed by atoms with Gasteiger partial charge in [-0.2, -0.15) is 13.2 Å². The number of anilines is 2. The second kappa shape index (κ2) is 5.81. The number of carboxylic acids is 1. The first-order valence-electron chi connectivity index (χ1n) is 5.83. The van der Waals surface area contributed by atoms with Gasteiger partial charge >= 0.3 is 18.2 Å². The molecule has 0 saturated carbocycles. The lowest BCUT2D eigenvalue weighted by Crippen LogP contribution is -2.04. The van der Waals surface area contributed by atoms with Gasteiger partial charge < -0.3 is 14.8 Å². The highest BCUT2D eigenvalue weighted by molar-refractivity contribution is 5.66. The van der Waals surface area contributed by atoms with E-state index in [2.05, 4.69) is 15.5 Å². The Kier molecular flexibility index (Phi) is 4.10. The predicted molar refractivity (Wildman–Crippen MR) is 65.0 cm³/mol. The fourth-order valence-electron chi connectivity index (χ4n) is 1.49. The topological polar surface area (TPSA) is 88.2 Å². The van der Waals surface area contributed by atoms with E-state index in [1.54, 1.807) is 0 Å². The fourth-order valence-corrected chi connectivity index (χ4v) is 1.49. The van der Waals surface area contributed by atoms with E-state index in [4.69, 9.17) is 9.52 Å². The number of benzene rings is 1. The lowest BCUT2D eigenvalue weighted by molar-refractivity contribution is -0.138. The van der Waals surface area contributed by atoms with Crippen molar-refractivity contribution in [3.8, 4) is 0 Å². The highest BCUT2D eigenvalue weighted by atomic mass is 19.4. The zero-order valence-electron chi connectivity index (χ0n) is 10.5. The van der Waals surface area contributed by atoms with Crippen LogP contribution in [-0.4, -0.2) is 21.3 Å². The zero-order chi connectivity index (χ0) is 15.5. The van der Waals surface area contributed by atoms with Crippen molar-refractivity contribution >= 4 is 17.7 Å². The maximum atomic E-state index is 12.4. The van der Waals surface area contributed by atoms with E-state index in [-0.39, 0.29) is 24.7 Å². The summed E-state index contributed by atoms with van der Waals surface area (Å²) in [4.78, 5) is 10.4. The van der Waals surface area contributed by atoms with Gasteiger partial charge in [0.05, 0.1) is 12.0 Å². The number of nitrogens with zero attached hydrogens (tertiary/aromatic N) is 2. The summed E-state index contributed by atoms with van der Waals surface area (Å²) in [6, 6.07) is 4.28. The van der Waals surface area contributed by atoms with Crippen LogP contribution in [0.3, 0.4) is 0 Å². The highest BCUT2D eigenvalue weighted by Crippen LogP contribution is 2.30. The third-order valence-electron chi connectivity index (χ3n) is 2.48. The van der Waals surface area contributed by atoms with Crippen molar-refractivity contribution in [3.05, 3.63) is 35.7 Å². The Morgan fingerprint density at radius 3 is 2.48 bits per heavy atom. The first kappa shape index (κ1) is 14.8. The molecule has 0 aliphatic heterocycles. The van der Waals surface area contributed by atoms with Gasteiger partial charge in [0, 0.05) is 12.1 Å². The van der Waals surface area contributed by atoms with Gasteiger partial charge in [0.2, 0.25) is 5.89 Å². The fraction of sp³-hybridized carbons (Fsp3) is 0.250. The molecule has 1 heterocycles. The molecular formula is C12H10F3N3O3. The number of hydrogen-bond donors (Lipinski definition) is 2. The minimum atomic E-state index is -4.40. The normalized spacial score (nSPS) is 11.4. The molecule has 112 valence electrons. The van der Waals surface area contributed by atoms with Crippen molar-refractivity contribution in [1.29, 1.82) is 0 Å². The van der Waals surface area contributed by atoms with Crippen molar-refractivity contribution in [2.24, 2.45) is 0 Å². The predicted octanol–water partition coefficient (Wildman–Crippen LogP) is 2.85. The zero-order valence-corrected chi connectivity index (χ0v) is 10.5. The molecule has 0 aliphatic rings. The average molecular weight is 301 g/mol. The smallest absolute Gasteiger partial charge is 0.416 e. The molecular weight excluding hydrogens is 291 g/mol. The number of aromatic nitrogens is 2. The number of hydrogen-bond acceptors (Lipinski definition) is 5. The maximum Gasteiger partial charge on any atom is 0.416 e. The standard InChI is InChI=1S/C12H10F3N3O3/c13-12(14,15)7-1-3-8(4-2-7)16-11-18-17-9(21-11)5-6-10(19)20/h1-4H,5-6H2,(H,16,18)(H,19,20). The molecule has 2 aromatic rings. The van der Waals surface area contributed by atoms with E-state index in [0.717, 1.165) is 12.1 Å². The Bertz CT molecular complexity index is 623. The lowest BCUT2D eigenvalue weighted by Gasteiger charge is -2.07. The summed E-state index contributed by atoms with van der Waals surface area (Å²) in [6.07, 6.45) is -4.47. The van der Waals surface area contributed by atoms with E-state index >= 15 is 0 Å². The monoisotopic (exact) mass is 301 g/mol. The number of carbonyl (C=O) groups is 1. The number of rotatable bonds is 5. The first-order chi connectivity index (χ1) is 9.84. The summed E-state index contributed by atoms with van der Waals surface area (Å²) < 4.78 is 42.3. The molecule has 0 aliphatic carbocycles. The summed E-state index contributed by atoms with van der Waals surface area (Å²) in [7, 11) is 0. The number of alkyl halides is 3. The molecule has 0 unspecified atom stereocenters. The molecule has 21 heavy (non-hydrogen) atoms. The molecule has 0 spiro atoms. The number of aliphatic carboxylic acids is 1. The molecule has 0 amide bonds. The molecule has 6 nitrogen and oxygen atoms in total. The van der Waals surface area contributed by atoms with Crippen LogP contribution in [0, 0.1) is 0 Å². The molecule has 0 fully saturated rings. The summed E-state index contributed by atoms with van der Waals surface area (Å²) in [6.45, 7) is 0. The Labute approximate surface area is 116 Å². The number of aryl methyl sites for hydroxylation is 1. The lowest BCUT2D eigenvalue weighted by atomic mass is 10.2. The van der Waals surface area contributed by atoms with Crippen LogP contribution in [0.15, 0.2) is 28.7 Å². The Hall–Kier alpha value is -2.58. The third-order valence-corrected chi connectivity index (χ3v) is 2.48. The van der Waals surface area contributed by atoms with Crippen molar-refractivity contribution in [2.75, 3.05) is 5.32 Å². The first-order valence-corrected chi connectivity index (χ1v) is 5.83.